The quantitative estimate of drug-likeness (QED) is 0.844. The maximum atomic E-state index is 13.5. The van der Waals surface area contributed by atoms with E-state index in [4.69, 9.17) is 4.74 Å². The third-order valence-electron chi connectivity index (χ3n) is 2.40. The molecule has 0 aromatic heterocycles. The van der Waals surface area contributed by atoms with Crippen molar-refractivity contribution in [3.8, 4) is 11.5 Å². The van der Waals surface area contributed by atoms with Gasteiger partial charge >= 0.3 is 0 Å². The minimum absolute atomic E-state index is 0.0731. The molecule has 0 saturated heterocycles. The van der Waals surface area contributed by atoms with Crippen LogP contribution in [0, 0.1) is 5.82 Å². The van der Waals surface area contributed by atoms with Crippen LogP contribution in [0.25, 0.3) is 0 Å². The number of rotatable bonds is 4. The molecule has 3 nitrogen and oxygen atoms in total. The molecule has 0 aliphatic rings. The number of benzene rings is 2. The van der Waals surface area contributed by atoms with Gasteiger partial charge in [-0.25, -0.2) is 4.39 Å². The van der Waals surface area contributed by atoms with Gasteiger partial charge in [-0.2, -0.15) is 0 Å². The fourth-order valence-electron chi connectivity index (χ4n) is 1.51. The zero-order valence-electron chi connectivity index (χ0n) is 9.47. The van der Waals surface area contributed by atoms with Crippen molar-refractivity contribution in [3.63, 3.8) is 0 Å². The number of aromatic hydroxyl groups is 1. The molecule has 0 aliphatic heterocycles. The van der Waals surface area contributed by atoms with Gasteiger partial charge in [-0.1, -0.05) is 12.1 Å². The van der Waals surface area contributed by atoms with E-state index < -0.39 is 5.82 Å². The lowest BCUT2D eigenvalue weighted by molar-refractivity contribution is 0.112. The normalized spacial score (nSPS) is 10.1. The highest BCUT2D eigenvalue weighted by Crippen LogP contribution is 2.20. The zero-order chi connectivity index (χ0) is 13.0. The summed E-state index contributed by atoms with van der Waals surface area (Å²) in [6, 6.07) is 10.5. The minimum Gasteiger partial charge on any atom is -0.508 e. The Morgan fingerprint density at radius 1 is 1.22 bits per heavy atom. The van der Waals surface area contributed by atoms with Crippen LogP contribution in [0.4, 0.5) is 4.39 Å². The lowest BCUT2D eigenvalue weighted by Gasteiger charge is -2.07. The van der Waals surface area contributed by atoms with Crippen LogP contribution >= 0.6 is 0 Å². The summed E-state index contributed by atoms with van der Waals surface area (Å²) in [5.41, 5.74) is 0.992. The predicted octanol–water partition coefficient (Wildman–Crippen LogP) is 2.92. The van der Waals surface area contributed by atoms with Crippen molar-refractivity contribution < 1.29 is 19.0 Å². The number of hydrogen-bond donors (Lipinski definition) is 1. The molecule has 0 saturated carbocycles. The Kier molecular flexibility index (Phi) is 3.57. The van der Waals surface area contributed by atoms with E-state index in [-0.39, 0.29) is 23.7 Å². The van der Waals surface area contributed by atoms with Crippen molar-refractivity contribution in [2.75, 3.05) is 0 Å². The number of aldehydes is 1. The molecule has 0 unspecified atom stereocenters. The summed E-state index contributed by atoms with van der Waals surface area (Å²) in [5.74, 6) is -0.378. The van der Waals surface area contributed by atoms with E-state index in [1.807, 2.05) is 0 Å². The summed E-state index contributed by atoms with van der Waals surface area (Å²) < 4.78 is 18.8. The summed E-state index contributed by atoms with van der Waals surface area (Å²) in [6.07, 6.45) is 0.572. The molecule has 0 bridgehead atoms. The first kappa shape index (κ1) is 12.1. The highest BCUT2D eigenvalue weighted by Gasteiger charge is 2.05. The number of phenolic OH excluding ortho intramolecular Hbond substituents is 1. The summed E-state index contributed by atoms with van der Waals surface area (Å²) in [6.45, 7) is 0.145. The van der Waals surface area contributed by atoms with Crippen LogP contribution in [0.2, 0.25) is 0 Å². The van der Waals surface area contributed by atoms with Gasteiger partial charge in [-0.05, 0) is 35.9 Å². The second-order valence-electron chi connectivity index (χ2n) is 3.77. The van der Waals surface area contributed by atoms with E-state index >= 15 is 0 Å². The molecule has 0 radical (unpaired) electrons. The van der Waals surface area contributed by atoms with Crippen molar-refractivity contribution in [1.82, 2.24) is 0 Å². The maximum absolute atomic E-state index is 13.5. The van der Waals surface area contributed by atoms with Gasteiger partial charge in [0.05, 0.1) is 0 Å². The summed E-state index contributed by atoms with van der Waals surface area (Å²) in [5, 5.41) is 9.26. The van der Waals surface area contributed by atoms with Crippen LogP contribution < -0.4 is 4.74 Å². The van der Waals surface area contributed by atoms with Crippen molar-refractivity contribution in [1.29, 1.82) is 0 Å². The molecular weight excluding hydrogens is 235 g/mol. The van der Waals surface area contributed by atoms with Crippen molar-refractivity contribution in [2.24, 2.45) is 0 Å². The molecule has 1 N–H and O–H groups in total. The summed E-state index contributed by atoms with van der Waals surface area (Å²) in [4.78, 5) is 10.5. The van der Waals surface area contributed by atoms with Crippen LogP contribution in [0.5, 0.6) is 11.5 Å². The van der Waals surface area contributed by atoms with Gasteiger partial charge in [0.25, 0.3) is 0 Å². The molecule has 2 rings (SSSR count). The van der Waals surface area contributed by atoms with Gasteiger partial charge in [0.15, 0.2) is 11.6 Å². The summed E-state index contributed by atoms with van der Waals surface area (Å²) in [7, 11) is 0. The Balaban J connectivity index is 2.08. The van der Waals surface area contributed by atoms with Crippen LogP contribution in [0.15, 0.2) is 42.5 Å². The van der Waals surface area contributed by atoms with Crippen LogP contribution in [-0.4, -0.2) is 11.4 Å². The smallest absolute Gasteiger partial charge is 0.165 e. The molecule has 2 aromatic rings. The Morgan fingerprint density at radius 2 is 2.06 bits per heavy atom. The first-order chi connectivity index (χ1) is 8.69. The molecule has 0 aliphatic carbocycles. The second-order valence-corrected chi connectivity index (χ2v) is 3.77. The summed E-state index contributed by atoms with van der Waals surface area (Å²) >= 11 is 0. The second kappa shape index (κ2) is 5.31. The van der Waals surface area contributed by atoms with E-state index in [0.29, 0.717) is 6.29 Å². The number of halogens is 1. The van der Waals surface area contributed by atoms with Gasteiger partial charge in [-0.15, -0.1) is 0 Å². The lowest BCUT2D eigenvalue weighted by Crippen LogP contribution is -1.97. The van der Waals surface area contributed by atoms with Gasteiger partial charge in [-0.3, -0.25) is 4.79 Å². The number of carbonyl (C=O) groups is 1. The van der Waals surface area contributed by atoms with E-state index in [0.717, 1.165) is 11.6 Å². The van der Waals surface area contributed by atoms with Gasteiger partial charge in [0, 0.05) is 5.56 Å². The SMILES string of the molecule is O=Cc1ccc(OCc2cccc(O)c2)c(F)c1. The maximum Gasteiger partial charge on any atom is 0.165 e. The van der Waals surface area contributed by atoms with Crippen molar-refractivity contribution >= 4 is 6.29 Å². The van der Waals surface area contributed by atoms with Gasteiger partial charge in [0.1, 0.15) is 18.6 Å². The average Bonchev–Trinajstić information content (AvgIpc) is 2.37. The Morgan fingerprint density at radius 3 is 2.72 bits per heavy atom. The van der Waals surface area contributed by atoms with Crippen molar-refractivity contribution in [3.05, 3.63) is 59.4 Å². The van der Waals surface area contributed by atoms with Crippen molar-refractivity contribution in [2.45, 2.75) is 6.61 Å². The molecule has 0 heterocycles. The number of phenols is 1. The fraction of sp³-hybridized carbons (Fsp3) is 0.0714. The zero-order valence-corrected chi connectivity index (χ0v) is 9.47. The Labute approximate surface area is 103 Å². The number of hydrogen-bond acceptors (Lipinski definition) is 3. The van der Waals surface area contributed by atoms with E-state index in [1.165, 1.54) is 18.2 Å². The Bertz CT molecular complexity index is 567. The topological polar surface area (TPSA) is 46.5 Å². The third-order valence-corrected chi connectivity index (χ3v) is 2.40. The fourth-order valence-corrected chi connectivity index (χ4v) is 1.51. The largest absolute Gasteiger partial charge is 0.508 e. The van der Waals surface area contributed by atoms with E-state index in [1.54, 1.807) is 18.2 Å². The van der Waals surface area contributed by atoms with E-state index in [9.17, 15) is 14.3 Å². The highest BCUT2D eigenvalue weighted by molar-refractivity contribution is 5.74. The number of ether oxygens (including phenoxy) is 1. The predicted molar refractivity (Wildman–Crippen MR) is 64.2 cm³/mol. The molecule has 0 atom stereocenters. The Hall–Kier alpha value is -2.36. The van der Waals surface area contributed by atoms with Crippen LogP contribution in [-0.2, 0) is 6.61 Å². The molecular formula is C14H11FO3. The van der Waals surface area contributed by atoms with E-state index in [2.05, 4.69) is 0 Å². The average molecular weight is 246 g/mol. The number of carbonyl (C=O) groups excluding carboxylic acids is 1. The monoisotopic (exact) mass is 246 g/mol. The first-order valence-corrected chi connectivity index (χ1v) is 5.34. The van der Waals surface area contributed by atoms with Crippen LogP contribution in [0.3, 0.4) is 0 Å². The molecule has 0 amide bonds. The minimum atomic E-state index is -0.584. The molecule has 4 heteroatoms. The molecule has 18 heavy (non-hydrogen) atoms. The van der Waals surface area contributed by atoms with Gasteiger partial charge in [0.2, 0.25) is 0 Å². The molecule has 92 valence electrons. The van der Waals surface area contributed by atoms with Gasteiger partial charge < -0.3 is 9.84 Å². The molecule has 0 fully saturated rings. The molecule has 0 spiro atoms. The molecule has 2 aromatic carbocycles. The first-order valence-electron chi connectivity index (χ1n) is 5.34. The van der Waals surface area contributed by atoms with Crippen LogP contribution in [0.1, 0.15) is 15.9 Å². The third kappa shape index (κ3) is 2.85. The highest BCUT2D eigenvalue weighted by atomic mass is 19.1. The lowest BCUT2D eigenvalue weighted by atomic mass is 10.2. The standard InChI is InChI=1S/C14H11FO3/c15-13-7-10(8-16)4-5-14(13)18-9-11-2-1-3-12(17)6-11/h1-8,17H,9H2.